The van der Waals surface area contributed by atoms with Crippen LogP contribution in [0, 0.1) is 0 Å². The second kappa shape index (κ2) is 8.98. The van der Waals surface area contributed by atoms with Gasteiger partial charge in [-0.15, -0.1) is 0 Å². The van der Waals surface area contributed by atoms with Crippen LogP contribution in [-0.2, 0) is 0 Å². The number of carbonyl (C=O) groups is 1. The second-order valence-corrected chi connectivity index (χ2v) is 3.13. The molecule has 0 fully saturated rings. The standard InChI is InChI=1S/C12H15N3O.C2H6.2H2/c1-3-6-9(4-2)15-12-10(11(13)16)7-5-8-14-12;1-2;;/h3-8H,1-2H3,(H2,13,16)(H,14,15);1-2H3;2*1H/b6-3-,9-4+;;;. The van der Waals surface area contributed by atoms with Gasteiger partial charge in [-0.05, 0) is 32.1 Å². The molecule has 4 nitrogen and oxygen atoms in total. The molecular formula is C14H25N3O. The number of nitrogens with one attached hydrogen (secondary N) is 1. The molecule has 0 atom stereocenters. The lowest BCUT2D eigenvalue weighted by atomic mass is 10.2. The molecule has 0 aliphatic carbocycles. The lowest BCUT2D eigenvalue weighted by Gasteiger charge is -2.08. The second-order valence-electron chi connectivity index (χ2n) is 3.13. The van der Waals surface area contributed by atoms with Crippen LogP contribution in [0.1, 0.15) is 40.9 Å². The first-order chi connectivity index (χ1) is 8.69. The fraction of sp³-hybridized carbons (Fsp3) is 0.286. The Morgan fingerprint density at radius 1 is 1.44 bits per heavy atom. The SMILES string of the molecule is C/C=C\C(=C/C)Nc1ncccc1C(N)=O.CC.[HH].[HH]. The average molecular weight is 251 g/mol. The van der Waals surface area contributed by atoms with Crippen molar-refractivity contribution >= 4 is 11.7 Å². The summed E-state index contributed by atoms with van der Waals surface area (Å²) in [6.07, 6.45) is 7.28. The van der Waals surface area contributed by atoms with Gasteiger partial charge in [-0.3, -0.25) is 4.79 Å². The minimum atomic E-state index is -0.494. The fourth-order valence-electron chi connectivity index (χ4n) is 1.23. The van der Waals surface area contributed by atoms with Gasteiger partial charge in [-0.25, -0.2) is 4.98 Å². The van der Waals surface area contributed by atoms with Crippen molar-refractivity contribution in [3.63, 3.8) is 0 Å². The molecule has 0 aliphatic rings. The lowest BCUT2D eigenvalue weighted by Crippen LogP contribution is -2.14. The zero-order chi connectivity index (χ0) is 14.0. The van der Waals surface area contributed by atoms with Crippen molar-refractivity contribution in [2.45, 2.75) is 27.7 Å². The van der Waals surface area contributed by atoms with E-state index in [-0.39, 0.29) is 2.85 Å². The molecule has 1 rings (SSSR count). The number of aromatic nitrogens is 1. The molecule has 0 unspecified atom stereocenters. The highest BCUT2D eigenvalue weighted by molar-refractivity contribution is 5.97. The smallest absolute Gasteiger partial charge is 0.252 e. The van der Waals surface area contributed by atoms with Gasteiger partial charge in [0.25, 0.3) is 5.91 Å². The van der Waals surface area contributed by atoms with Crippen LogP contribution in [0.4, 0.5) is 5.82 Å². The molecule has 4 heteroatoms. The zero-order valence-corrected chi connectivity index (χ0v) is 11.4. The van der Waals surface area contributed by atoms with Gasteiger partial charge in [0.2, 0.25) is 0 Å². The van der Waals surface area contributed by atoms with Crippen LogP contribution < -0.4 is 11.1 Å². The molecule has 0 aromatic carbocycles. The summed E-state index contributed by atoms with van der Waals surface area (Å²) in [5.74, 6) is -0.0206. The third-order valence-electron chi connectivity index (χ3n) is 1.99. The Balaban J connectivity index is -0.000000689. The molecule has 18 heavy (non-hydrogen) atoms. The molecule has 0 saturated carbocycles. The third kappa shape index (κ3) is 4.82. The molecule has 1 heterocycles. The maximum Gasteiger partial charge on any atom is 0.252 e. The van der Waals surface area contributed by atoms with Gasteiger partial charge in [-0.1, -0.05) is 26.0 Å². The molecule has 0 saturated heterocycles. The number of hydrogen-bond acceptors (Lipinski definition) is 3. The number of nitrogens with zero attached hydrogens (tertiary/aromatic N) is 1. The van der Waals surface area contributed by atoms with Crippen LogP contribution in [-0.4, -0.2) is 10.9 Å². The Kier molecular flexibility index (Phi) is 7.94. The quantitative estimate of drug-likeness (QED) is 0.803. The van der Waals surface area contributed by atoms with E-state index in [0.717, 1.165) is 5.70 Å². The molecule has 0 bridgehead atoms. The van der Waals surface area contributed by atoms with E-state index in [9.17, 15) is 4.79 Å². The minimum Gasteiger partial charge on any atom is -0.365 e. The Bertz CT molecular complexity index is 446. The van der Waals surface area contributed by atoms with Gasteiger partial charge in [-0.2, -0.15) is 0 Å². The monoisotopic (exact) mass is 251 g/mol. The summed E-state index contributed by atoms with van der Waals surface area (Å²) in [6.45, 7) is 7.81. The molecule has 1 aromatic heterocycles. The number of nitrogens with two attached hydrogens (primary N) is 1. The van der Waals surface area contributed by atoms with E-state index in [0.29, 0.717) is 11.4 Å². The van der Waals surface area contributed by atoms with Crippen LogP contribution in [0.2, 0.25) is 0 Å². The van der Waals surface area contributed by atoms with Crippen molar-refractivity contribution in [1.29, 1.82) is 0 Å². The highest BCUT2D eigenvalue weighted by Crippen LogP contribution is 2.13. The van der Waals surface area contributed by atoms with E-state index in [4.69, 9.17) is 5.73 Å². The first-order valence-corrected chi connectivity index (χ1v) is 6.00. The highest BCUT2D eigenvalue weighted by atomic mass is 16.1. The first kappa shape index (κ1) is 15.9. The predicted octanol–water partition coefficient (Wildman–Crippen LogP) is 3.59. The number of carbonyl (C=O) groups excluding carboxylic acids is 1. The highest BCUT2D eigenvalue weighted by Gasteiger charge is 2.08. The minimum absolute atomic E-state index is 0. The lowest BCUT2D eigenvalue weighted by molar-refractivity contribution is 0.100. The number of hydrogen-bond donors (Lipinski definition) is 2. The van der Waals surface area contributed by atoms with E-state index in [1.165, 1.54) is 0 Å². The van der Waals surface area contributed by atoms with Crippen molar-refractivity contribution in [2.75, 3.05) is 5.32 Å². The summed E-state index contributed by atoms with van der Waals surface area (Å²) >= 11 is 0. The van der Waals surface area contributed by atoms with Crippen LogP contribution in [0.3, 0.4) is 0 Å². The summed E-state index contributed by atoms with van der Waals surface area (Å²) < 4.78 is 0. The number of amides is 1. The van der Waals surface area contributed by atoms with Gasteiger partial charge in [0, 0.05) is 14.7 Å². The Morgan fingerprint density at radius 3 is 2.61 bits per heavy atom. The van der Waals surface area contributed by atoms with Crippen molar-refractivity contribution in [3.8, 4) is 0 Å². The van der Waals surface area contributed by atoms with Gasteiger partial charge in [0.15, 0.2) is 0 Å². The largest absolute Gasteiger partial charge is 0.365 e. The van der Waals surface area contributed by atoms with Crippen LogP contribution in [0.5, 0.6) is 0 Å². The van der Waals surface area contributed by atoms with E-state index >= 15 is 0 Å². The van der Waals surface area contributed by atoms with E-state index < -0.39 is 5.91 Å². The number of allylic oxidation sites excluding steroid dienone is 3. The summed E-state index contributed by atoms with van der Waals surface area (Å²) in [6, 6.07) is 3.32. The Hall–Kier alpha value is -2.10. The molecule has 0 spiro atoms. The first-order valence-electron chi connectivity index (χ1n) is 6.00. The van der Waals surface area contributed by atoms with E-state index in [1.807, 2.05) is 45.9 Å². The van der Waals surface area contributed by atoms with Crippen molar-refractivity contribution in [3.05, 3.63) is 47.8 Å². The van der Waals surface area contributed by atoms with Gasteiger partial charge in [0.05, 0.1) is 5.56 Å². The number of anilines is 1. The summed E-state index contributed by atoms with van der Waals surface area (Å²) in [4.78, 5) is 15.2. The average Bonchev–Trinajstić information content (AvgIpc) is 2.41. The normalized spacial score (nSPS) is 10.8. The summed E-state index contributed by atoms with van der Waals surface area (Å²) in [7, 11) is 0. The zero-order valence-electron chi connectivity index (χ0n) is 11.4. The molecular weight excluding hydrogens is 226 g/mol. The number of pyridine rings is 1. The molecule has 0 aliphatic heterocycles. The molecule has 102 valence electrons. The van der Waals surface area contributed by atoms with Gasteiger partial charge >= 0.3 is 0 Å². The van der Waals surface area contributed by atoms with Crippen molar-refractivity contribution in [2.24, 2.45) is 5.73 Å². The van der Waals surface area contributed by atoms with Crippen molar-refractivity contribution < 1.29 is 7.65 Å². The van der Waals surface area contributed by atoms with E-state index in [1.54, 1.807) is 18.3 Å². The summed E-state index contributed by atoms with van der Waals surface area (Å²) in [5.41, 5.74) is 6.49. The van der Waals surface area contributed by atoms with Crippen LogP contribution in [0.25, 0.3) is 0 Å². The maximum absolute atomic E-state index is 11.2. The Morgan fingerprint density at radius 2 is 2.11 bits per heavy atom. The van der Waals surface area contributed by atoms with Crippen LogP contribution >= 0.6 is 0 Å². The molecule has 1 amide bonds. The Labute approximate surface area is 112 Å². The maximum atomic E-state index is 11.2. The number of primary amides is 1. The summed E-state index contributed by atoms with van der Waals surface area (Å²) in [5, 5.41) is 3.04. The predicted molar refractivity (Wildman–Crippen MR) is 80.5 cm³/mol. The van der Waals surface area contributed by atoms with E-state index in [2.05, 4.69) is 10.3 Å². The molecule has 0 radical (unpaired) electrons. The van der Waals surface area contributed by atoms with Crippen molar-refractivity contribution in [1.82, 2.24) is 4.98 Å². The topological polar surface area (TPSA) is 68.0 Å². The third-order valence-corrected chi connectivity index (χ3v) is 1.99. The van der Waals surface area contributed by atoms with Gasteiger partial charge in [0.1, 0.15) is 5.82 Å². The van der Waals surface area contributed by atoms with Crippen LogP contribution in [0.15, 0.2) is 42.3 Å². The van der Waals surface area contributed by atoms with Gasteiger partial charge < -0.3 is 11.1 Å². The number of rotatable bonds is 4. The molecule has 1 aromatic rings. The fourth-order valence-corrected chi connectivity index (χ4v) is 1.23. The molecule has 3 N–H and O–H groups in total.